The van der Waals surface area contributed by atoms with Crippen molar-refractivity contribution in [2.24, 2.45) is 0 Å². The third kappa shape index (κ3) is 3.51. The van der Waals surface area contributed by atoms with Gasteiger partial charge in [0.2, 0.25) is 0 Å². The van der Waals surface area contributed by atoms with Crippen molar-refractivity contribution in [3.63, 3.8) is 0 Å². The smallest absolute Gasteiger partial charge is 0.122 e. The zero-order chi connectivity index (χ0) is 13.0. The summed E-state index contributed by atoms with van der Waals surface area (Å²) in [7, 11) is 3.78. The maximum Gasteiger partial charge on any atom is 0.122 e. The van der Waals surface area contributed by atoms with Crippen molar-refractivity contribution >= 4 is 11.3 Å². The average Bonchev–Trinajstić information content (AvgIpc) is 2.86. The van der Waals surface area contributed by atoms with E-state index in [1.165, 1.54) is 25.1 Å². The summed E-state index contributed by atoms with van der Waals surface area (Å²) in [6.45, 7) is 5.32. The van der Waals surface area contributed by atoms with Crippen LogP contribution < -0.4 is 5.32 Å². The van der Waals surface area contributed by atoms with Gasteiger partial charge in [-0.15, -0.1) is 11.3 Å². The molecule has 4 nitrogen and oxygen atoms in total. The van der Waals surface area contributed by atoms with Crippen molar-refractivity contribution in [2.45, 2.75) is 38.5 Å². The highest BCUT2D eigenvalue weighted by Crippen LogP contribution is 2.22. The lowest BCUT2D eigenvalue weighted by Gasteiger charge is -2.31. The van der Waals surface area contributed by atoms with Crippen molar-refractivity contribution in [1.29, 1.82) is 0 Å². The van der Waals surface area contributed by atoms with Crippen LogP contribution in [0, 0.1) is 0 Å². The highest BCUT2D eigenvalue weighted by molar-refractivity contribution is 7.09. The van der Waals surface area contributed by atoms with Gasteiger partial charge in [0.25, 0.3) is 0 Å². The lowest BCUT2D eigenvalue weighted by Crippen LogP contribution is -2.43. The molecule has 1 aliphatic heterocycles. The summed E-state index contributed by atoms with van der Waals surface area (Å²) >= 11 is 1.70. The lowest BCUT2D eigenvalue weighted by atomic mass is 10.1. The molecule has 2 heterocycles. The Morgan fingerprint density at radius 2 is 2.50 bits per heavy atom. The molecule has 1 aromatic rings. The molecule has 1 N–H and O–H groups in total. The molecular formula is C13H23N3OS. The van der Waals surface area contributed by atoms with Crippen LogP contribution in [0.15, 0.2) is 5.38 Å². The van der Waals surface area contributed by atoms with Crippen molar-refractivity contribution in [1.82, 2.24) is 15.2 Å². The maximum atomic E-state index is 5.30. The second-order valence-electron chi connectivity index (χ2n) is 4.92. The molecule has 1 aliphatic rings. The summed E-state index contributed by atoms with van der Waals surface area (Å²) in [5, 5.41) is 6.61. The molecule has 2 atom stereocenters. The minimum atomic E-state index is 0.107. The van der Waals surface area contributed by atoms with Gasteiger partial charge in [-0.05, 0) is 33.4 Å². The number of aromatic nitrogens is 1. The third-order valence-corrected chi connectivity index (χ3v) is 4.62. The second kappa shape index (κ2) is 6.61. The molecule has 2 unspecified atom stereocenters. The third-order valence-electron chi connectivity index (χ3n) is 3.57. The van der Waals surface area contributed by atoms with Crippen LogP contribution >= 0.6 is 11.3 Å². The standard InChI is InChI=1S/C13H23N3OS/c1-10(17-3)13-15-12(9-18-13)8-16-6-4-5-11(7-16)14-2/h9-11,14H,4-8H2,1-3H3. The van der Waals surface area contributed by atoms with Crippen LogP contribution in [0.25, 0.3) is 0 Å². The van der Waals surface area contributed by atoms with Gasteiger partial charge in [-0.1, -0.05) is 0 Å². The molecule has 2 rings (SSSR count). The molecule has 0 saturated carbocycles. The van der Waals surface area contributed by atoms with Crippen LogP contribution in [0.5, 0.6) is 0 Å². The van der Waals surface area contributed by atoms with Crippen LogP contribution in [0.1, 0.15) is 36.6 Å². The number of piperidine rings is 1. The number of methoxy groups -OCH3 is 1. The lowest BCUT2D eigenvalue weighted by molar-refractivity contribution is 0.119. The van der Waals surface area contributed by atoms with Gasteiger partial charge in [-0.2, -0.15) is 0 Å². The Labute approximate surface area is 113 Å². The van der Waals surface area contributed by atoms with Crippen LogP contribution in [-0.2, 0) is 11.3 Å². The maximum absolute atomic E-state index is 5.30. The molecule has 0 amide bonds. The molecule has 0 aromatic carbocycles. The van der Waals surface area contributed by atoms with E-state index in [0.29, 0.717) is 6.04 Å². The van der Waals surface area contributed by atoms with E-state index in [0.717, 1.165) is 18.1 Å². The molecule has 1 fully saturated rings. The van der Waals surface area contributed by atoms with E-state index in [1.54, 1.807) is 18.4 Å². The number of rotatable bonds is 5. The topological polar surface area (TPSA) is 37.4 Å². The Kier molecular flexibility index (Phi) is 5.12. The van der Waals surface area contributed by atoms with Gasteiger partial charge < -0.3 is 10.1 Å². The fourth-order valence-electron chi connectivity index (χ4n) is 2.35. The van der Waals surface area contributed by atoms with Gasteiger partial charge in [0.15, 0.2) is 0 Å². The van der Waals surface area contributed by atoms with Gasteiger partial charge in [0, 0.05) is 31.6 Å². The van der Waals surface area contributed by atoms with Gasteiger partial charge >= 0.3 is 0 Å². The van der Waals surface area contributed by atoms with Crippen molar-refractivity contribution in [3.8, 4) is 0 Å². The van der Waals surface area contributed by atoms with E-state index in [-0.39, 0.29) is 6.10 Å². The Morgan fingerprint density at radius 1 is 1.67 bits per heavy atom. The number of nitrogens with zero attached hydrogens (tertiary/aromatic N) is 2. The summed E-state index contributed by atoms with van der Waals surface area (Å²) < 4.78 is 5.30. The Balaban J connectivity index is 1.90. The molecule has 102 valence electrons. The van der Waals surface area contributed by atoms with Crippen molar-refractivity contribution < 1.29 is 4.74 Å². The fourth-order valence-corrected chi connectivity index (χ4v) is 3.19. The van der Waals surface area contributed by atoms with Crippen LogP contribution in [-0.4, -0.2) is 43.2 Å². The largest absolute Gasteiger partial charge is 0.375 e. The number of likely N-dealkylation sites (N-methyl/N-ethyl adjacent to an activating group) is 1. The molecule has 18 heavy (non-hydrogen) atoms. The normalized spacial score (nSPS) is 23.2. The predicted octanol–water partition coefficient (Wildman–Crippen LogP) is 2.03. The fraction of sp³-hybridized carbons (Fsp3) is 0.769. The highest BCUT2D eigenvalue weighted by atomic mass is 32.1. The summed E-state index contributed by atoms with van der Waals surface area (Å²) in [6.07, 6.45) is 2.67. The Hall–Kier alpha value is -0.490. The van der Waals surface area contributed by atoms with Gasteiger partial charge in [-0.25, -0.2) is 4.98 Å². The number of ether oxygens (including phenoxy) is 1. The van der Waals surface area contributed by atoms with E-state index in [1.807, 2.05) is 6.92 Å². The molecule has 5 heteroatoms. The Morgan fingerprint density at radius 3 is 3.22 bits per heavy atom. The number of hydrogen-bond donors (Lipinski definition) is 1. The highest BCUT2D eigenvalue weighted by Gasteiger charge is 2.19. The van der Waals surface area contributed by atoms with E-state index in [4.69, 9.17) is 4.74 Å². The first-order valence-corrected chi connectivity index (χ1v) is 7.47. The molecular weight excluding hydrogens is 246 g/mol. The quantitative estimate of drug-likeness (QED) is 0.887. The van der Waals surface area contributed by atoms with E-state index >= 15 is 0 Å². The number of nitrogens with one attached hydrogen (secondary N) is 1. The predicted molar refractivity (Wildman–Crippen MR) is 74.9 cm³/mol. The summed E-state index contributed by atoms with van der Waals surface area (Å²) in [5.74, 6) is 0. The SMILES string of the molecule is CNC1CCCN(Cc2csc(C(C)OC)n2)C1. The van der Waals surface area contributed by atoms with E-state index < -0.39 is 0 Å². The zero-order valence-electron chi connectivity index (χ0n) is 11.5. The molecule has 0 radical (unpaired) electrons. The molecule has 0 bridgehead atoms. The van der Waals surface area contributed by atoms with E-state index in [9.17, 15) is 0 Å². The molecule has 1 aromatic heterocycles. The first kappa shape index (κ1) is 13.9. The minimum absolute atomic E-state index is 0.107. The summed E-state index contributed by atoms with van der Waals surface area (Å²) in [4.78, 5) is 7.14. The summed E-state index contributed by atoms with van der Waals surface area (Å²) in [6, 6.07) is 0.634. The van der Waals surface area contributed by atoms with Crippen molar-refractivity contribution in [3.05, 3.63) is 16.1 Å². The van der Waals surface area contributed by atoms with Crippen LogP contribution in [0.2, 0.25) is 0 Å². The number of thiazole rings is 1. The Bertz CT molecular complexity index is 369. The van der Waals surface area contributed by atoms with Gasteiger partial charge in [0.05, 0.1) is 5.69 Å². The van der Waals surface area contributed by atoms with Crippen LogP contribution in [0.3, 0.4) is 0 Å². The number of likely N-dealkylation sites (tertiary alicyclic amines) is 1. The monoisotopic (exact) mass is 269 g/mol. The molecule has 1 saturated heterocycles. The first-order valence-electron chi connectivity index (χ1n) is 6.59. The zero-order valence-corrected chi connectivity index (χ0v) is 12.3. The van der Waals surface area contributed by atoms with Gasteiger partial charge in [-0.3, -0.25) is 4.90 Å². The number of hydrogen-bond acceptors (Lipinski definition) is 5. The van der Waals surface area contributed by atoms with Crippen LogP contribution in [0.4, 0.5) is 0 Å². The average molecular weight is 269 g/mol. The minimum Gasteiger partial charge on any atom is -0.375 e. The molecule has 0 aliphatic carbocycles. The summed E-state index contributed by atoms with van der Waals surface area (Å²) in [5.41, 5.74) is 1.18. The van der Waals surface area contributed by atoms with E-state index in [2.05, 4.69) is 27.6 Å². The second-order valence-corrected chi connectivity index (χ2v) is 5.81. The molecule has 0 spiro atoms. The van der Waals surface area contributed by atoms with Crippen molar-refractivity contribution in [2.75, 3.05) is 27.2 Å². The first-order chi connectivity index (χ1) is 8.72. The van der Waals surface area contributed by atoms with Gasteiger partial charge in [0.1, 0.15) is 11.1 Å².